The normalized spacial score (nSPS) is 20.6. The van der Waals surface area contributed by atoms with Crippen LogP contribution in [0.1, 0.15) is 51.3 Å². The second kappa shape index (κ2) is 11.2. The van der Waals surface area contributed by atoms with Gasteiger partial charge >= 0.3 is 5.97 Å². The second-order valence-corrected chi connectivity index (χ2v) is 7.56. The van der Waals surface area contributed by atoms with Gasteiger partial charge in [0.25, 0.3) is 0 Å². The van der Waals surface area contributed by atoms with Crippen molar-refractivity contribution >= 4 is 11.9 Å². The van der Waals surface area contributed by atoms with Crippen LogP contribution in [0.2, 0.25) is 0 Å². The van der Waals surface area contributed by atoms with E-state index in [1.54, 1.807) is 11.6 Å². The number of morpholine rings is 1. The van der Waals surface area contributed by atoms with Crippen LogP contribution < -0.4 is 0 Å². The maximum absolute atomic E-state index is 12.8. The molecular weight excluding hydrogens is 376 g/mol. The zero-order valence-electron chi connectivity index (χ0n) is 17.3. The minimum atomic E-state index is -0.223. The number of aromatic nitrogens is 4. The third kappa shape index (κ3) is 6.46. The molecule has 0 spiro atoms. The van der Waals surface area contributed by atoms with Gasteiger partial charge in [-0.3, -0.25) is 14.5 Å². The number of hydrogen-bond donors (Lipinski definition) is 0. The zero-order chi connectivity index (χ0) is 20.5. The Kier molecular flexibility index (Phi) is 8.36. The van der Waals surface area contributed by atoms with E-state index in [2.05, 4.69) is 20.4 Å². The molecule has 3 heterocycles. The number of esters is 1. The summed E-state index contributed by atoms with van der Waals surface area (Å²) in [7, 11) is 0. The molecule has 10 nitrogen and oxygen atoms in total. The number of carbonyl (C=O) groups excluding carboxylic acids is 2. The molecule has 1 amide bonds. The molecule has 2 aliphatic rings. The Bertz CT molecular complexity index is 661. The smallest absolute Gasteiger partial charge is 0.307 e. The summed E-state index contributed by atoms with van der Waals surface area (Å²) in [5.41, 5.74) is 0. The number of piperidine rings is 1. The summed E-state index contributed by atoms with van der Waals surface area (Å²) in [6.45, 7) is 7.41. The molecule has 0 saturated carbocycles. The van der Waals surface area contributed by atoms with Gasteiger partial charge in [-0.1, -0.05) is 0 Å². The van der Waals surface area contributed by atoms with Gasteiger partial charge < -0.3 is 14.4 Å². The lowest BCUT2D eigenvalue weighted by Crippen LogP contribution is -2.45. The Hall–Kier alpha value is -2.07. The Morgan fingerprint density at radius 1 is 1.21 bits per heavy atom. The van der Waals surface area contributed by atoms with Crippen LogP contribution in [0.15, 0.2) is 0 Å². The van der Waals surface area contributed by atoms with Crippen molar-refractivity contribution in [3.8, 4) is 0 Å². The Labute approximate surface area is 171 Å². The number of amides is 1. The molecule has 29 heavy (non-hydrogen) atoms. The molecule has 0 aromatic carbocycles. The van der Waals surface area contributed by atoms with E-state index in [-0.39, 0.29) is 24.3 Å². The van der Waals surface area contributed by atoms with E-state index in [0.717, 1.165) is 57.9 Å². The van der Waals surface area contributed by atoms with Crippen LogP contribution >= 0.6 is 0 Å². The fourth-order valence-corrected chi connectivity index (χ4v) is 3.95. The highest BCUT2D eigenvalue weighted by atomic mass is 16.5. The van der Waals surface area contributed by atoms with Gasteiger partial charge in [-0.25, -0.2) is 4.68 Å². The second-order valence-electron chi connectivity index (χ2n) is 7.56. The first-order valence-corrected chi connectivity index (χ1v) is 10.7. The fourth-order valence-electron chi connectivity index (χ4n) is 3.95. The molecule has 3 rings (SSSR count). The lowest BCUT2D eigenvalue weighted by atomic mass is 9.98. The summed E-state index contributed by atoms with van der Waals surface area (Å²) in [6.07, 6.45) is 4.28. The van der Waals surface area contributed by atoms with Crippen LogP contribution in [0.5, 0.6) is 0 Å². The van der Waals surface area contributed by atoms with E-state index >= 15 is 0 Å². The first-order chi connectivity index (χ1) is 14.2. The molecule has 0 bridgehead atoms. The monoisotopic (exact) mass is 408 g/mol. The average molecular weight is 409 g/mol. The highest BCUT2D eigenvalue weighted by Gasteiger charge is 2.28. The molecule has 0 radical (unpaired) electrons. The number of likely N-dealkylation sites (tertiary alicyclic amines) is 1. The maximum atomic E-state index is 12.8. The summed E-state index contributed by atoms with van der Waals surface area (Å²) < 4.78 is 12.2. The van der Waals surface area contributed by atoms with Crippen molar-refractivity contribution in [1.82, 2.24) is 30.0 Å². The Morgan fingerprint density at radius 3 is 2.83 bits per heavy atom. The average Bonchev–Trinajstić information content (AvgIpc) is 3.16. The summed E-state index contributed by atoms with van der Waals surface area (Å²) in [4.78, 5) is 28.8. The zero-order valence-corrected chi connectivity index (χ0v) is 17.3. The lowest BCUT2D eigenvalue weighted by Gasteiger charge is -2.35. The SMILES string of the molecule is CCOC(=O)C[C@@H]1CCCCN1C(=O)CCCn1nnnc1CN1CCOCC1. The standard InChI is InChI=1S/C19H32N6O4/c1-2-29-19(27)14-16-6-3-4-8-24(16)18(26)7-5-9-25-17(20-21-22-25)15-23-10-12-28-13-11-23/h16H,2-15H2,1H3/t16-/m0/s1. The van der Waals surface area contributed by atoms with Gasteiger partial charge in [-0.05, 0) is 43.0 Å². The molecule has 10 heteroatoms. The summed E-state index contributed by atoms with van der Waals surface area (Å²) >= 11 is 0. The summed E-state index contributed by atoms with van der Waals surface area (Å²) in [5.74, 6) is 0.693. The number of rotatable bonds is 9. The van der Waals surface area contributed by atoms with Crippen LogP contribution in [-0.2, 0) is 32.2 Å². The molecule has 2 saturated heterocycles. The summed E-state index contributed by atoms with van der Waals surface area (Å²) in [5, 5.41) is 12.0. The predicted octanol–water partition coefficient (Wildman–Crippen LogP) is 0.620. The third-order valence-electron chi connectivity index (χ3n) is 5.49. The topological polar surface area (TPSA) is 103 Å². The van der Waals surface area contributed by atoms with Gasteiger partial charge in [0.05, 0.1) is 32.8 Å². The van der Waals surface area contributed by atoms with Gasteiger partial charge in [0.15, 0.2) is 5.82 Å². The third-order valence-corrected chi connectivity index (χ3v) is 5.49. The van der Waals surface area contributed by atoms with Gasteiger partial charge in [0, 0.05) is 38.6 Å². The first kappa shape index (κ1) is 21.6. The number of tetrazole rings is 1. The highest BCUT2D eigenvalue weighted by molar-refractivity contribution is 5.78. The van der Waals surface area contributed by atoms with Crippen molar-refractivity contribution in [1.29, 1.82) is 0 Å². The number of hydrogen-bond acceptors (Lipinski definition) is 8. The molecule has 1 aromatic rings. The molecular formula is C19H32N6O4. The number of aryl methyl sites for hydroxylation is 1. The molecule has 0 N–H and O–H groups in total. The Balaban J connectivity index is 1.46. The lowest BCUT2D eigenvalue weighted by molar-refractivity contribution is -0.146. The molecule has 1 atom stereocenters. The highest BCUT2D eigenvalue weighted by Crippen LogP contribution is 2.21. The minimum absolute atomic E-state index is 0.0415. The van der Waals surface area contributed by atoms with Gasteiger partial charge in [0.2, 0.25) is 5.91 Å². The van der Waals surface area contributed by atoms with Crippen molar-refractivity contribution in [2.24, 2.45) is 0 Å². The molecule has 0 unspecified atom stereocenters. The summed E-state index contributed by atoms with van der Waals surface area (Å²) in [6, 6.07) is -0.0415. The van der Waals surface area contributed by atoms with E-state index in [1.165, 1.54) is 0 Å². The molecule has 1 aromatic heterocycles. The molecule has 2 fully saturated rings. The van der Waals surface area contributed by atoms with Crippen molar-refractivity contribution < 1.29 is 19.1 Å². The van der Waals surface area contributed by atoms with E-state index < -0.39 is 0 Å². The number of ether oxygens (including phenoxy) is 2. The van der Waals surface area contributed by atoms with Crippen molar-refractivity contribution in [2.75, 3.05) is 39.5 Å². The van der Waals surface area contributed by atoms with Crippen molar-refractivity contribution in [3.63, 3.8) is 0 Å². The predicted molar refractivity (Wildman–Crippen MR) is 104 cm³/mol. The quantitative estimate of drug-likeness (QED) is 0.548. The van der Waals surface area contributed by atoms with Crippen LogP contribution in [0, 0.1) is 0 Å². The van der Waals surface area contributed by atoms with E-state index in [0.29, 0.717) is 32.5 Å². The first-order valence-electron chi connectivity index (χ1n) is 10.7. The van der Waals surface area contributed by atoms with Crippen LogP contribution in [0.25, 0.3) is 0 Å². The van der Waals surface area contributed by atoms with Crippen molar-refractivity contribution in [2.45, 2.75) is 64.6 Å². The van der Waals surface area contributed by atoms with E-state index in [9.17, 15) is 9.59 Å². The molecule has 162 valence electrons. The number of carbonyl (C=O) groups is 2. The minimum Gasteiger partial charge on any atom is -0.466 e. The van der Waals surface area contributed by atoms with Crippen LogP contribution in [0.3, 0.4) is 0 Å². The molecule has 2 aliphatic heterocycles. The van der Waals surface area contributed by atoms with E-state index in [1.807, 2.05) is 4.90 Å². The Morgan fingerprint density at radius 2 is 2.03 bits per heavy atom. The van der Waals surface area contributed by atoms with E-state index in [4.69, 9.17) is 9.47 Å². The van der Waals surface area contributed by atoms with Gasteiger partial charge in [0.1, 0.15) is 0 Å². The van der Waals surface area contributed by atoms with Crippen LogP contribution in [-0.4, -0.2) is 87.4 Å². The largest absolute Gasteiger partial charge is 0.466 e. The van der Waals surface area contributed by atoms with Crippen molar-refractivity contribution in [3.05, 3.63) is 5.82 Å². The van der Waals surface area contributed by atoms with Gasteiger partial charge in [-0.15, -0.1) is 5.10 Å². The van der Waals surface area contributed by atoms with Gasteiger partial charge in [-0.2, -0.15) is 0 Å². The molecule has 0 aliphatic carbocycles. The fraction of sp³-hybridized carbons (Fsp3) is 0.842. The maximum Gasteiger partial charge on any atom is 0.307 e. The van der Waals surface area contributed by atoms with Crippen LogP contribution in [0.4, 0.5) is 0 Å². The number of nitrogens with zero attached hydrogens (tertiary/aromatic N) is 6.